The van der Waals surface area contributed by atoms with Gasteiger partial charge in [0.15, 0.2) is 5.58 Å². The second-order valence-corrected chi connectivity index (χ2v) is 4.44. The van der Waals surface area contributed by atoms with E-state index in [1.54, 1.807) is 12.1 Å². The van der Waals surface area contributed by atoms with Crippen molar-refractivity contribution in [2.75, 3.05) is 6.61 Å². The number of para-hydroxylation sites is 1. The van der Waals surface area contributed by atoms with Gasteiger partial charge in [-0.15, -0.1) is 0 Å². The molecule has 2 aromatic carbocycles. The molecule has 1 aromatic heterocycles. The van der Waals surface area contributed by atoms with Gasteiger partial charge < -0.3 is 14.3 Å². The van der Waals surface area contributed by atoms with E-state index < -0.39 is 5.97 Å². The second-order valence-electron chi connectivity index (χ2n) is 4.44. The molecule has 0 bridgehead atoms. The maximum absolute atomic E-state index is 11.2. The van der Waals surface area contributed by atoms with E-state index in [1.807, 2.05) is 31.2 Å². The van der Waals surface area contributed by atoms with Gasteiger partial charge in [0.1, 0.15) is 16.8 Å². The molecular formula is C16H13NO4. The van der Waals surface area contributed by atoms with Crippen molar-refractivity contribution in [2.45, 2.75) is 6.92 Å². The van der Waals surface area contributed by atoms with Crippen molar-refractivity contribution in [3.05, 3.63) is 48.0 Å². The lowest BCUT2D eigenvalue weighted by Crippen LogP contribution is -1.95. The monoisotopic (exact) mass is 283 g/mol. The molecule has 0 aliphatic heterocycles. The summed E-state index contributed by atoms with van der Waals surface area (Å²) in [6, 6.07) is 12.2. The molecule has 0 aliphatic rings. The van der Waals surface area contributed by atoms with E-state index >= 15 is 0 Å². The van der Waals surface area contributed by atoms with Crippen molar-refractivity contribution >= 4 is 17.1 Å². The largest absolute Gasteiger partial charge is 0.494 e. The zero-order valence-electron chi connectivity index (χ0n) is 11.4. The summed E-state index contributed by atoms with van der Waals surface area (Å²) in [5.74, 6) is 0.125. The molecule has 21 heavy (non-hydrogen) atoms. The number of hydrogen-bond donors (Lipinski definition) is 1. The number of aromatic carboxylic acids is 1. The number of nitrogens with zero attached hydrogens (tertiary/aromatic N) is 1. The number of benzene rings is 2. The first kappa shape index (κ1) is 13.2. The minimum Gasteiger partial charge on any atom is -0.494 e. The molecule has 1 N–H and O–H groups in total. The van der Waals surface area contributed by atoms with Crippen molar-refractivity contribution in [1.82, 2.24) is 4.98 Å². The molecule has 0 atom stereocenters. The van der Waals surface area contributed by atoms with Gasteiger partial charge in [-0.3, -0.25) is 0 Å². The number of rotatable bonds is 4. The maximum Gasteiger partial charge on any atom is 0.339 e. The van der Waals surface area contributed by atoms with Crippen LogP contribution in [-0.2, 0) is 0 Å². The molecule has 1 heterocycles. The van der Waals surface area contributed by atoms with E-state index in [4.69, 9.17) is 14.3 Å². The van der Waals surface area contributed by atoms with Gasteiger partial charge >= 0.3 is 5.97 Å². The zero-order valence-corrected chi connectivity index (χ0v) is 11.4. The highest BCUT2D eigenvalue weighted by molar-refractivity contribution is 6.00. The Morgan fingerprint density at radius 1 is 1.24 bits per heavy atom. The Balaban J connectivity index is 2.04. The van der Waals surface area contributed by atoms with E-state index in [1.165, 1.54) is 6.07 Å². The lowest BCUT2D eigenvalue weighted by molar-refractivity contribution is 0.0698. The van der Waals surface area contributed by atoms with Crippen LogP contribution in [0.2, 0.25) is 0 Å². The summed E-state index contributed by atoms with van der Waals surface area (Å²) in [5, 5.41) is 9.15. The number of ether oxygens (including phenoxy) is 1. The van der Waals surface area contributed by atoms with E-state index in [2.05, 4.69) is 4.98 Å². The van der Waals surface area contributed by atoms with Crippen molar-refractivity contribution < 1.29 is 19.1 Å². The molecule has 5 heteroatoms. The van der Waals surface area contributed by atoms with Crippen LogP contribution in [0.1, 0.15) is 17.3 Å². The molecule has 3 rings (SSSR count). The molecule has 106 valence electrons. The normalized spacial score (nSPS) is 10.7. The van der Waals surface area contributed by atoms with Crippen molar-refractivity contribution in [3.8, 4) is 17.2 Å². The predicted octanol–water partition coefficient (Wildman–Crippen LogP) is 3.59. The van der Waals surface area contributed by atoms with E-state index in [9.17, 15) is 4.79 Å². The third-order valence-corrected chi connectivity index (χ3v) is 3.06. The molecule has 0 unspecified atom stereocenters. The van der Waals surface area contributed by atoms with Gasteiger partial charge in [0, 0.05) is 5.56 Å². The number of carboxylic acid groups (broad SMARTS) is 1. The SMILES string of the molecule is CCOc1ccc(-c2nc3cccc(C(=O)O)c3o2)cc1. The average Bonchev–Trinajstić information content (AvgIpc) is 2.92. The number of carbonyl (C=O) groups is 1. The number of hydrogen-bond acceptors (Lipinski definition) is 4. The minimum absolute atomic E-state index is 0.109. The van der Waals surface area contributed by atoms with Gasteiger partial charge in [-0.05, 0) is 43.3 Å². The Morgan fingerprint density at radius 2 is 2.00 bits per heavy atom. The maximum atomic E-state index is 11.2. The lowest BCUT2D eigenvalue weighted by Gasteiger charge is -2.02. The van der Waals surface area contributed by atoms with Crippen molar-refractivity contribution in [3.63, 3.8) is 0 Å². The highest BCUT2D eigenvalue weighted by Crippen LogP contribution is 2.27. The number of oxazole rings is 1. The van der Waals surface area contributed by atoms with Crippen molar-refractivity contribution in [1.29, 1.82) is 0 Å². The van der Waals surface area contributed by atoms with Crippen LogP contribution >= 0.6 is 0 Å². The van der Waals surface area contributed by atoms with E-state index in [0.29, 0.717) is 18.0 Å². The van der Waals surface area contributed by atoms with Gasteiger partial charge in [0.25, 0.3) is 0 Å². The van der Waals surface area contributed by atoms with Crippen LogP contribution in [0.3, 0.4) is 0 Å². The standard InChI is InChI=1S/C16H13NO4/c1-2-20-11-8-6-10(7-9-11)15-17-13-5-3-4-12(16(18)19)14(13)21-15/h3-9H,2H2,1H3,(H,18,19). The summed E-state index contributed by atoms with van der Waals surface area (Å²) in [4.78, 5) is 15.5. The van der Waals surface area contributed by atoms with Gasteiger partial charge in [-0.25, -0.2) is 9.78 Å². The third-order valence-electron chi connectivity index (χ3n) is 3.06. The Kier molecular flexibility index (Phi) is 3.31. The number of fused-ring (bicyclic) bond motifs is 1. The first-order chi connectivity index (χ1) is 10.2. The Hall–Kier alpha value is -2.82. The fraction of sp³-hybridized carbons (Fsp3) is 0.125. The van der Waals surface area contributed by atoms with Gasteiger partial charge in [-0.1, -0.05) is 6.07 Å². The molecule has 3 aromatic rings. The Bertz CT molecular complexity index is 790. The zero-order chi connectivity index (χ0) is 14.8. The highest BCUT2D eigenvalue weighted by Gasteiger charge is 2.15. The molecular weight excluding hydrogens is 270 g/mol. The quantitative estimate of drug-likeness (QED) is 0.792. The van der Waals surface area contributed by atoms with Crippen LogP contribution in [0.25, 0.3) is 22.6 Å². The summed E-state index contributed by atoms with van der Waals surface area (Å²) in [5.41, 5.74) is 1.69. The molecule has 5 nitrogen and oxygen atoms in total. The van der Waals surface area contributed by atoms with Gasteiger partial charge in [0.2, 0.25) is 5.89 Å². The summed E-state index contributed by atoms with van der Waals surface area (Å²) >= 11 is 0. The molecule has 0 fully saturated rings. The van der Waals surface area contributed by atoms with Crippen LogP contribution in [0.4, 0.5) is 0 Å². The molecule has 0 saturated heterocycles. The van der Waals surface area contributed by atoms with Crippen molar-refractivity contribution in [2.24, 2.45) is 0 Å². The summed E-state index contributed by atoms with van der Waals surface area (Å²) in [6.45, 7) is 2.52. The fourth-order valence-electron chi connectivity index (χ4n) is 2.10. The summed E-state index contributed by atoms with van der Waals surface area (Å²) < 4.78 is 11.0. The third kappa shape index (κ3) is 2.45. The average molecular weight is 283 g/mol. The van der Waals surface area contributed by atoms with Gasteiger partial charge in [0.05, 0.1) is 6.61 Å². The number of aromatic nitrogens is 1. The molecule has 0 radical (unpaired) electrons. The first-order valence-corrected chi connectivity index (χ1v) is 6.55. The summed E-state index contributed by atoms with van der Waals surface area (Å²) in [6.07, 6.45) is 0. The highest BCUT2D eigenvalue weighted by atomic mass is 16.5. The smallest absolute Gasteiger partial charge is 0.339 e. The van der Waals surface area contributed by atoms with Gasteiger partial charge in [-0.2, -0.15) is 0 Å². The van der Waals surface area contributed by atoms with Crippen LogP contribution in [-0.4, -0.2) is 22.7 Å². The van der Waals surface area contributed by atoms with Crippen LogP contribution in [0, 0.1) is 0 Å². The Morgan fingerprint density at radius 3 is 2.67 bits per heavy atom. The topological polar surface area (TPSA) is 72.6 Å². The molecule has 0 spiro atoms. The lowest BCUT2D eigenvalue weighted by atomic mass is 10.2. The van der Waals surface area contributed by atoms with E-state index in [-0.39, 0.29) is 11.1 Å². The van der Waals surface area contributed by atoms with E-state index in [0.717, 1.165) is 11.3 Å². The molecule has 0 saturated carbocycles. The first-order valence-electron chi connectivity index (χ1n) is 6.55. The van der Waals surface area contributed by atoms with Crippen LogP contribution in [0.15, 0.2) is 46.9 Å². The Labute approximate surface area is 120 Å². The minimum atomic E-state index is -1.03. The fourth-order valence-corrected chi connectivity index (χ4v) is 2.10. The number of carboxylic acids is 1. The second kappa shape index (κ2) is 5.28. The molecule has 0 amide bonds. The van der Waals surface area contributed by atoms with Crippen LogP contribution < -0.4 is 4.74 Å². The summed E-state index contributed by atoms with van der Waals surface area (Å²) in [7, 11) is 0. The predicted molar refractivity (Wildman–Crippen MR) is 77.6 cm³/mol. The molecule has 0 aliphatic carbocycles. The van der Waals surface area contributed by atoms with Crippen LogP contribution in [0.5, 0.6) is 5.75 Å².